The van der Waals surface area contributed by atoms with Gasteiger partial charge in [-0.25, -0.2) is 4.98 Å². The summed E-state index contributed by atoms with van der Waals surface area (Å²) in [4.78, 5) is 4.43. The molecule has 0 atom stereocenters. The molecular formula is C14H11Cl2N3. The number of pyridine rings is 1. The summed E-state index contributed by atoms with van der Waals surface area (Å²) in [5.74, 6) is 0.823. The van der Waals surface area contributed by atoms with Gasteiger partial charge in [-0.2, -0.15) is 0 Å². The molecule has 0 aliphatic carbocycles. The lowest BCUT2D eigenvalue weighted by Crippen LogP contribution is -1.99. The Kier molecular flexibility index (Phi) is 3.19. The standard InChI is InChI=1S/C14H11Cl2N3/c15-12-4-2-10(5-13(12)16)14-18-7-11-3-1-9(6-17)8-19(11)14/h1-5,7-8H,6,17H2. The zero-order valence-corrected chi connectivity index (χ0v) is 11.5. The lowest BCUT2D eigenvalue weighted by atomic mass is 10.2. The molecule has 0 amide bonds. The second-order valence-corrected chi connectivity index (χ2v) is 5.06. The first-order chi connectivity index (χ1) is 9.19. The second-order valence-electron chi connectivity index (χ2n) is 4.25. The highest BCUT2D eigenvalue weighted by molar-refractivity contribution is 6.42. The second kappa shape index (κ2) is 4.85. The molecule has 0 aliphatic rings. The van der Waals surface area contributed by atoms with Crippen molar-refractivity contribution in [2.75, 3.05) is 0 Å². The van der Waals surface area contributed by atoms with Gasteiger partial charge in [0.15, 0.2) is 0 Å². The number of nitrogens with two attached hydrogens (primary N) is 1. The van der Waals surface area contributed by atoms with E-state index in [4.69, 9.17) is 28.9 Å². The number of imidazole rings is 1. The first-order valence-corrected chi connectivity index (χ1v) is 6.56. The molecule has 0 saturated heterocycles. The fraction of sp³-hybridized carbons (Fsp3) is 0.0714. The summed E-state index contributed by atoms with van der Waals surface area (Å²) in [6.07, 6.45) is 3.80. The van der Waals surface area contributed by atoms with E-state index in [0.717, 1.165) is 22.5 Å². The largest absolute Gasteiger partial charge is 0.326 e. The zero-order valence-electron chi connectivity index (χ0n) is 9.98. The smallest absolute Gasteiger partial charge is 0.144 e. The maximum absolute atomic E-state index is 6.05. The SMILES string of the molecule is NCc1ccc2cnc(-c3ccc(Cl)c(Cl)c3)n2c1. The van der Waals surface area contributed by atoms with Crippen molar-refractivity contribution in [2.24, 2.45) is 5.73 Å². The Balaban J connectivity index is 2.21. The minimum Gasteiger partial charge on any atom is -0.326 e. The average Bonchev–Trinajstić information content (AvgIpc) is 2.84. The van der Waals surface area contributed by atoms with Gasteiger partial charge in [-0.15, -0.1) is 0 Å². The van der Waals surface area contributed by atoms with E-state index in [1.165, 1.54) is 0 Å². The lowest BCUT2D eigenvalue weighted by Gasteiger charge is -2.05. The molecule has 0 radical (unpaired) electrons. The molecule has 0 unspecified atom stereocenters. The summed E-state index contributed by atoms with van der Waals surface area (Å²) >= 11 is 12.0. The molecule has 5 heteroatoms. The monoisotopic (exact) mass is 291 g/mol. The van der Waals surface area contributed by atoms with Crippen LogP contribution in [0.2, 0.25) is 10.0 Å². The summed E-state index contributed by atoms with van der Waals surface area (Å²) in [5.41, 5.74) is 8.65. The van der Waals surface area contributed by atoms with Crippen molar-refractivity contribution in [1.29, 1.82) is 0 Å². The molecule has 0 spiro atoms. The number of hydrogen-bond acceptors (Lipinski definition) is 2. The average molecular weight is 292 g/mol. The van der Waals surface area contributed by atoms with E-state index >= 15 is 0 Å². The number of rotatable bonds is 2. The highest BCUT2D eigenvalue weighted by Gasteiger charge is 2.08. The molecule has 0 aliphatic heterocycles. The Bertz CT molecular complexity index is 750. The predicted molar refractivity (Wildman–Crippen MR) is 78.5 cm³/mol. The van der Waals surface area contributed by atoms with Crippen LogP contribution in [0.4, 0.5) is 0 Å². The molecule has 0 bridgehead atoms. The lowest BCUT2D eigenvalue weighted by molar-refractivity contribution is 1.03. The Hall–Kier alpha value is -1.55. The van der Waals surface area contributed by atoms with Crippen LogP contribution in [-0.4, -0.2) is 9.38 Å². The zero-order chi connectivity index (χ0) is 13.4. The number of aromatic nitrogens is 2. The minimum atomic E-state index is 0.495. The van der Waals surface area contributed by atoms with E-state index in [1.54, 1.807) is 6.07 Å². The van der Waals surface area contributed by atoms with Crippen molar-refractivity contribution in [3.63, 3.8) is 0 Å². The van der Waals surface area contributed by atoms with Gasteiger partial charge in [-0.1, -0.05) is 29.3 Å². The van der Waals surface area contributed by atoms with Gasteiger partial charge in [-0.3, -0.25) is 4.40 Å². The van der Waals surface area contributed by atoms with Gasteiger partial charge in [-0.05, 0) is 29.8 Å². The van der Waals surface area contributed by atoms with Crippen LogP contribution in [0.25, 0.3) is 16.9 Å². The van der Waals surface area contributed by atoms with E-state index in [0.29, 0.717) is 16.6 Å². The molecule has 0 fully saturated rings. The molecule has 2 aromatic heterocycles. The topological polar surface area (TPSA) is 43.3 Å². The number of nitrogens with zero attached hydrogens (tertiary/aromatic N) is 2. The number of benzene rings is 1. The molecule has 19 heavy (non-hydrogen) atoms. The van der Waals surface area contributed by atoms with Crippen molar-refractivity contribution >= 4 is 28.7 Å². The van der Waals surface area contributed by atoms with Gasteiger partial charge in [0.2, 0.25) is 0 Å². The predicted octanol–water partition coefficient (Wildman–Crippen LogP) is 3.77. The normalized spacial score (nSPS) is 11.1. The molecular weight excluding hydrogens is 281 g/mol. The van der Waals surface area contributed by atoms with E-state index < -0.39 is 0 Å². The van der Waals surface area contributed by atoms with E-state index in [9.17, 15) is 0 Å². The number of hydrogen-bond donors (Lipinski definition) is 1. The van der Waals surface area contributed by atoms with Crippen LogP contribution in [0.3, 0.4) is 0 Å². The van der Waals surface area contributed by atoms with Crippen molar-refractivity contribution < 1.29 is 0 Å². The Morgan fingerprint density at radius 3 is 2.68 bits per heavy atom. The summed E-state index contributed by atoms with van der Waals surface area (Å²) < 4.78 is 2.00. The van der Waals surface area contributed by atoms with Crippen LogP contribution in [0.15, 0.2) is 42.7 Å². The van der Waals surface area contributed by atoms with Gasteiger partial charge in [0, 0.05) is 18.3 Å². The molecule has 3 nitrogen and oxygen atoms in total. The highest BCUT2D eigenvalue weighted by Crippen LogP contribution is 2.28. The fourth-order valence-corrected chi connectivity index (χ4v) is 2.30. The van der Waals surface area contributed by atoms with Crippen molar-refractivity contribution in [2.45, 2.75) is 6.54 Å². The van der Waals surface area contributed by atoms with Crippen LogP contribution >= 0.6 is 23.2 Å². The fourth-order valence-electron chi connectivity index (χ4n) is 2.00. The first-order valence-electron chi connectivity index (χ1n) is 5.80. The molecule has 3 rings (SSSR count). The molecule has 2 N–H and O–H groups in total. The number of fused-ring (bicyclic) bond motifs is 1. The van der Waals surface area contributed by atoms with Crippen LogP contribution < -0.4 is 5.73 Å². The van der Waals surface area contributed by atoms with Gasteiger partial charge in [0.25, 0.3) is 0 Å². The third-order valence-corrected chi connectivity index (χ3v) is 3.74. The van der Waals surface area contributed by atoms with Gasteiger partial charge in [0.05, 0.1) is 21.8 Å². The van der Waals surface area contributed by atoms with Crippen LogP contribution in [-0.2, 0) is 6.54 Å². The van der Waals surface area contributed by atoms with Crippen molar-refractivity contribution in [3.05, 3.63) is 58.3 Å². The third kappa shape index (κ3) is 2.21. The van der Waals surface area contributed by atoms with Gasteiger partial charge >= 0.3 is 0 Å². The summed E-state index contributed by atoms with van der Waals surface area (Å²) in [7, 11) is 0. The van der Waals surface area contributed by atoms with Crippen molar-refractivity contribution in [1.82, 2.24) is 9.38 Å². The van der Waals surface area contributed by atoms with Crippen molar-refractivity contribution in [3.8, 4) is 11.4 Å². The minimum absolute atomic E-state index is 0.495. The molecule has 2 heterocycles. The Labute approximate surface area is 120 Å². The highest BCUT2D eigenvalue weighted by atomic mass is 35.5. The molecule has 3 aromatic rings. The third-order valence-electron chi connectivity index (χ3n) is 3.00. The Morgan fingerprint density at radius 2 is 1.95 bits per heavy atom. The molecule has 96 valence electrons. The van der Waals surface area contributed by atoms with Gasteiger partial charge in [0.1, 0.15) is 5.82 Å². The quantitative estimate of drug-likeness (QED) is 0.781. The summed E-state index contributed by atoms with van der Waals surface area (Å²) in [6.45, 7) is 0.495. The maximum atomic E-state index is 6.05. The molecule has 0 saturated carbocycles. The summed E-state index contributed by atoms with van der Waals surface area (Å²) in [5, 5.41) is 1.06. The summed E-state index contributed by atoms with van der Waals surface area (Å²) in [6, 6.07) is 9.48. The van der Waals surface area contributed by atoms with Crippen LogP contribution in [0.1, 0.15) is 5.56 Å². The van der Waals surface area contributed by atoms with E-state index in [-0.39, 0.29) is 0 Å². The Morgan fingerprint density at radius 1 is 1.11 bits per heavy atom. The van der Waals surface area contributed by atoms with E-state index in [1.807, 2.05) is 41.1 Å². The molecule has 1 aromatic carbocycles. The van der Waals surface area contributed by atoms with E-state index in [2.05, 4.69) is 4.98 Å². The first kappa shape index (κ1) is 12.5. The number of halogens is 2. The van der Waals surface area contributed by atoms with Crippen LogP contribution in [0.5, 0.6) is 0 Å². The van der Waals surface area contributed by atoms with Crippen LogP contribution in [0, 0.1) is 0 Å². The maximum Gasteiger partial charge on any atom is 0.144 e. The van der Waals surface area contributed by atoms with Gasteiger partial charge < -0.3 is 5.73 Å².